The summed E-state index contributed by atoms with van der Waals surface area (Å²) in [7, 11) is 0. The molecule has 10 heteroatoms. The maximum atomic E-state index is 12.8. The summed E-state index contributed by atoms with van der Waals surface area (Å²) in [4.78, 5) is 4.02. The SMILES string of the molecule is FC(F)(F)c1cccc(-c2noc(COc3nnc(-c4ccccc4)o3)n2)c1. The Morgan fingerprint density at radius 2 is 1.71 bits per heavy atom. The Morgan fingerprint density at radius 3 is 2.50 bits per heavy atom. The van der Waals surface area contributed by atoms with Crippen molar-refractivity contribution in [1.29, 1.82) is 0 Å². The maximum absolute atomic E-state index is 12.8. The molecule has 2 aromatic heterocycles. The molecule has 7 nitrogen and oxygen atoms in total. The van der Waals surface area contributed by atoms with E-state index in [2.05, 4.69) is 20.3 Å². The standard InChI is InChI=1S/C18H11F3N4O3/c19-18(20,21)13-8-4-7-12(9-13)15-22-14(28-25-15)10-26-17-24-23-16(27-17)11-5-2-1-3-6-11/h1-9H,10H2. The Hall–Kier alpha value is -3.69. The molecule has 0 aliphatic rings. The summed E-state index contributed by atoms with van der Waals surface area (Å²) in [6, 6.07) is 13.7. The van der Waals surface area contributed by atoms with Crippen LogP contribution in [0.5, 0.6) is 6.08 Å². The van der Waals surface area contributed by atoms with Gasteiger partial charge in [-0.05, 0) is 24.3 Å². The quantitative estimate of drug-likeness (QED) is 0.501. The molecule has 0 unspecified atom stereocenters. The van der Waals surface area contributed by atoms with Crippen molar-refractivity contribution < 1.29 is 26.8 Å². The van der Waals surface area contributed by atoms with Crippen molar-refractivity contribution in [3.63, 3.8) is 0 Å². The van der Waals surface area contributed by atoms with E-state index in [4.69, 9.17) is 13.7 Å². The van der Waals surface area contributed by atoms with E-state index in [0.717, 1.165) is 17.7 Å². The summed E-state index contributed by atoms with van der Waals surface area (Å²) in [5.74, 6) is 0.345. The smallest absolute Gasteiger partial charge is 0.416 e. The second kappa shape index (κ2) is 7.14. The molecule has 0 N–H and O–H groups in total. The molecule has 2 heterocycles. The Bertz CT molecular complexity index is 1080. The van der Waals surface area contributed by atoms with Crippen molar-refractivity contribution in [2.24, 2.45) is 0 Å². The second-order valence-corrected chi connectivity index (χ2v) is 5.62. The maximum Gasteiger partial charge on any atom is 0.416 e. The first-order chi connectivity index (χ1) is 13.5. The van der Waals surface area contributed by atoms with Crippen LogP contribution in [0.4, 0.5) is 13.2 Å². The van der Waals surface area contributed by atoms with Gasteiger partial charge in [-0.2, -0.15) is 18.2 Å². The molecule has 0 aliphatic heterocycles. The summed E-state index contributed by atoms with van der Waals surface area (Å²) in [5, 5.41) is 11.3. The number of hydrogen-bond acceptors (Lipinski definition) is 7. The second-order valence-electron chi connectivity index (χ2n) is 5.62. The lowest BCUT2D eigenvalue weighted by Gasteiger charge is -2.06. The van der Waals surface area contributed by atoms with Crippen LogP contribution in [0.2, 0.25) is 0 Å². The van der Waals surface area contributed by atoms with Gasteiger partial charge in [0.2, 0.25) is 5.82 Å². The minimum Gasteiger partial charge on any atom is -0.439 e. The molecule has 0 fully saturated rings. The van der Waals surface area contributed by atoms with Crippen LogP contribution in [0.3, 0.4) is 0 Å². The van der Waals surface area contributed by atoms with Crippen LogP contribution in [0.1, 0.15) is 11.5 Å². The van der Waals surface area contributed by atoms with Crippen molar-refractivity contribution in [3.8, 4) is 28.9 Å². The fourth-order valence-electron chi connectivity index (χ4n) is 2.35. The van der Waals surface area contributed by atoms with Crippen molar-refractivity contribution in [2.75, 3.05) is 0 Å². The molecule has 0 amide bonds. The number of halogens is 3. The van der Waals surface area contributed by atoms with Gasteiger partial charge in [-0.25, -0.2) is 0 Å². The van der Waals surface area contributed by atoms with E-state index in [-0.39, 0.29) is 35.9 Å². The number of hydrogen-bond donors (Lipinski definition) is 0. The first-order valence-corrected chi connectivity index (χ1v) is 8.01. The molecular weight excluding hydrogens is 377 g/mol. The Kier molecular flexibility index (Phi) is 4.52. The topological polar surface area (TPSA) is 87.1 Å². The summed E-state index contributed by atoms with van der Waals surface area (Å²) >= 11 is 0. The lowest BCUT2D eigenvalue weighted by molar-refractivity contribution is -0.137. The highest BCUT2D eigenvalue weighted by Crippen LogP contribution is 2.31. The zero-order chi connectivity index (χ0) is 19.6. The first-order valence-electron chi connectivity index (χ1n) is 8.01. The van der Waals surface area contributed by atoms with Crippen LogP contribution < -0.4 is 4.74 Å². The van der Waals surface area contributed by atoms with Gasteiger partial charge in [0, 0.05) is 11.1 Å². The molecule has 0 saturated carbocycles. The van der Waals surface area contributed by atoms with E-state index in [1.165, 1.54) is 12.1 Å². The molecule has 0 atom stereocenters. The molecule has 0 spiro atoms. The van der Waals surface area contributed by atoms with Gasteiger partial charge in [-0.15, -0.1) is 5.10 Å². The molecule has 0 radical (unpaired) electrons. The van der Waals surface area contributed by atoms with E-state index in [9.17, 15) is 13.2 Å². The number of aromatic nitrogens is 4. The van der Waals surface area contributed by atoms with Crippen LogP contribution in [-0.4, -0.2) is 20.3 Å². The lowest BCUT2D eigenvalue weighted by atomic mass is 10.1. The van der Waals surface area contributed by atoms with Gasteiger partial charge in [0.1, 0.15) is 0 Å². The zero-order valence-corrected chi connectivity index (χ0v) is 14.1. The molecule has 0 saturated heterocycles. The number of benzene rings is 2. The van der Waals surface area contributed by atoms with E-state index >= 15 is 0 Å². The molecule has 28 heavy (non-hydrogen) atoms. The largest absolute Gasteiger partial charge is 0.439 e. The minimum atomic E-state index is -4.46. The van der Waals surface area contributed by atoms with Crippen molar-refractivity contribution in [1.82, 2.24) is 20.3 Å². The average Bonchev–Trinajstić information content (AvgIpc) is 3.36. The zero-order valence-electron chi connectivity index (χ0n) is 14.1. The molecule has 142 valence electrons. The lowest BCUT2D eigenvalue weighted by Crippen LogP contribution is -2.04. The monoisotopic (exact) mass is 388 g/mol. The van der Waals surface area contributed by atoms with Crippen LogP contribution in [0.15, 0.2) is 63.5 Å². The first kappa shape index (κ1) is 17.7. The van der Waals surface area contributed by atoms with Crippen molar-refractivity contribution in [3.05, 3.63) is 66.1 Å². The third-order valence-electron chi connectivity index (χ3n) is 3.66. The van der Waals surface area contributed by atoms with Gasteiger partial charge < -0.3 is 13.7 Å². The van der Waals surface area contributed by atoms with Crippen LogP contribution >= 0.6 is 0 Å². The van der Waals surface area contributed by atoms with Crippen LogP contribution in [0.25, 0.3) is 22.8 Å². The predicted molar refractivity (Wildman–Crippen MR) is 88.8 cm³/mol. The van der Waals surface area contributed by atoms with Crippen LogP contribution in [-0.2, 0) is 12.8 Å². The minimum absolute atomic E-state index is 0.0141. The van der Waals surface area contributed by atoms with E-state index in [0.29, 0.717) is 0 Å². The molecule has 4 aromatic rings. The van der Waals surface area contributed by atoms with Gasteiger partial charge in [0.05, 0.1) is 5.56 Å². The van der Waals surface area contributed by atoms with Gasteiger partial charge in [0.15, 0.2) is 6.61 Å². The number of rotatable bonds is 5. The Morgan fingerprint density at radius 1 is 0.929 bits per heavy atom. The highest BCUT2D eigenvalue weighted by Gasteiger charge is 2.30. The van der Waals surface area contributed by atoms with E-state index in [1.807, 2.05) is 18.2 Å². The van der Waals surface area contributed by atoms with Gasteiger partial charge in [0.25, 0.3) is 11.8 Å². The Balaban J connectivity index is 1.44. The summed E-state index contributed by atoms with van der Waals surface area (Å²) in [6.45, 7) is -0.178. The van der Waals surface area contributed by atoms with Crippen molar-refractivity contribution in [2.45, 2.75) is 12.8 Å². The average molecular weight is 388 g/mol. The molecule has 4 rings (SSSR count). The van der Waals surface area contributed by atoms with Crippen molar-refractivity contribution >= 4 is 0 Å². The highest BCUT2D eigenvalue weighted by atomic mass is 19.4. The fraction of sp³-hybridized carbons (Fsp3) is 0.111. The van der Waals surface area contributed by atoms with Gasteiger partial charge in [-0.3, -0.25) is 0 Å². The Labute approximate surface area is 155 Å². The number of nitrogens with zero attached hydrogens (tertiary/aromatic N) is 4. The van der Waals surface area contributed by atoms with Gasteiger partial charge >= 0.3 is 12.3 Å². The summed E-state index contributed by atoms with van der Waals surface area (Å²) < 4.78 is 54.1. The highest BCUT2D eigenvalue weighted by molar-refractivity contribution is 5.55. The molecule has 0 aliphatic carbocycles. The predicted octanol–water partition coefficient (Wildman–Crippen LogP) is 4.38. The fourth-order valence-corrected chi connectivity index (χ4v) is 2.35. The summed E-state index contributed by atoms with van der Waals surface area (Å²) in [6.07, 6.45) is -4.56. The van der Waals surface area contributed by atoms with E-state index < -0.39 is 11.7 Å². The number of ether oxygens (including phenoxy) is 1. The van der Waals surface area contributed by atoms with E-state index in [1.54, 1.807) is 12.1 Å². The molecule has 0 bridgehead atoms. The summed E-state index contributed by atoms with van der Waals surface area (Å²) in [5.41, 5.74) is 0.107. The normalized spacial score (nSPS) is 11.5. The molecular formula is C18H11F3N4O3. The van der Waals surface area contributed by atoms with Crippen LogP contribution in [0, 0.1) is 0 Å². The third kappa shape index (κ3) is 3.85. The molecule has 2 aromatic carbocycles. The van der Waals surface area contributed by atoms with Gasteiger partial charge in [-0.1, -0.05) is 40.6 Å². The third-order valence-corrected chi connectivity index (χ3v) is 3.66. The number of alkyl halides is 3.